The molecule has 0 radical (unpaired) electrons. The maximum atomic E-state index is 5.93. The van der Waals surface area contributed by atoms with Crippen LogP contribution in [-0.4, -0.2) is 7.11 Å². The summed E-state index contributed by atoms with van der Waals surface area (Å²) in [6.45, 7) is 2.25. The van der Waals surface area contributed by atoms with Crippen molar-refractivity contribution in [3.63, 3.8) is 0 Å². The van der Waals surface area contributed by atoms with Gasteiger partial charge < -0.3 is 9.15 Å². The van der Waals surface area contributed by atoms with Crippen LogP contribution in [-0.2, 0) is 6.42 Å². The maximum Gasteiger partial charge on any atom is 0.139 e. The number of hydrogen-bond donors (Lipinski definition) is 0. The van der Waals surface area contributed by atoms with Crippen molar-refractivity contribution in [3.8, 4) is 5.75 Å². The lowest BCUT2D eigenvalue weighted by Crippen LogP contribution is -1.93. The van der Waals surface area contributed by atoms with E-state index in [1.165, 1.54) is 37.7 Å². The third-order valence-electron chi connectivity index (χ3n) is 4.33. The van der Waals surface area contributed by atoms with E-state index < -0.39 is 0 Å². The van der Waals surface area contributed by atoms with Gasteiger partial charge in [-0.25, -0.2) is 0 Å². The van der Waals surface area contributed by atoms with Gasteiger partial charge in [-0.1, -0.05) is 56.9 Å². The summed E-state index contributed by atoms with van der Waals surface area (Å²) in [6, 6.07) is 12.4. The summed E-state index contributed by atoms with van der Waals surface area (Å²) in [4.78, 5) is 0. The second-order valence-electron chi connectivity index (χ2n) is 5.89. The summed E-state index contributed by atoms with van der Waals surface area (Å²) in [7, 11) is 1.76. The molecule has 116 valence electrons. The summed E-state index contributed by atoms with van der Waals surface area (Å²) in [5.74, 6) is 0.984. The Labute approximate surface area is 132 Å². The summed E-state index contributed by atoms with van der Waals surface area (Å²) >= 11 is 0. The van der Waals surface area contributed by atoms with Gasteiger partial charge in [0.05, 0.1) is 12.5 Å². The van der Waals surface area contributed by atoms with Crippen molar-refractivity contribution in [2.75, 3.05) is 7.11 Å². The van der Waals surface area contributed by atoms with Crippen LogP contribution in [0.25, 0.3) is 21.9 Å². The Balaban J connectivity index is 1.92. The van der Waals surface area contributed by atoms with E-state index >= 15 is 0 Å². The van der Waals surface area contributed by atoms with Gasteiger partial charge in [0.2, 0.25) is 0 Å². The highest BCUT2D eigenvalue weighted by Gasteiger charge is 2.14. The number of methoxy groups -OCH3 is 1. The molecule has 2 nitrogen and oxygen atoms in total. The summed E-state index contributed by atoms with van der Waals surface area (Å²) in [5.41, 5.74) is 3.13. The highest BCUT2D eigenvalue weighted by Crippen LogP contribution is 2.38. The third-order valence-corrected chi connectivity index (χ3v) is 4.33. The molecule has 0 N–H and O–H groups in total. The molecule has 1 heterocycles. The largest absolute Gasteiger partial charge is 0.496 e. The zero-order valence-corrected chi connectivity index (χ0v) is 13.5. The average Bonchev–Trinajstić information content (AvgIpc) is 2.93. The number of ether oxygens (including phenoxy) is 1. The van der Waals surface area contributed by atoms with E-state index in [4.69, 9.17) is 9.15 Å². The van der Waals surface area contributed by atoms with Crippen molar-refractivity contribution >= 4 is 21.9 Å². The van der Waals surface area contributed by atoms with E-state index in [1.54, 1.807) is 7.11 Å². The number of unbranched alkanes of at least 4 members (excludes halogenated alkanes) is 4. The number of benzene rings is 2. The Morgan fingerprint density at radius 3 is 2.55 bits per heavy atom. The number of fused-ring (bicyclic) bond motifs is 3. The number of hydrogen-bond acceptors (Lipinski definition) is 2. The van der Waals surface area contributed by atoms with Crippen molar-refractivity contribution in [1.82, 2.24) is 0 Å². The van der Waals surface area contributed by atoms with Crippen LogP contribution in [0.1, 0.15) is 44.6 Å². The first-order chi connectivity index (χ1) is 10.8. The van der Waals surface area contributed by atoms with Crippen molar-refractivity contribution in [1.29, 1.82) is 0 Å². The minimum atomic E-state index is 0.910. The van der Waals surface area contributed by atoms with Gasteiger partial charge in [-0.15, -0.1) is 0 Å². The van der Waals surface area contributed by atoms with Gasteiger partial charge in [-0.2, -0.15) is 0 Å². The van der Waals surface area contributed by atoms with E-state index in [0.29, 0.717) is 0 Å². The highest BCUT2D eigenvalue weighted by molar-refractivity contribution is 6.08. The predicted octanol–water partition coefficient (Wildman–Crippen LogP) is 6.11. The molecule has 0 aliphatic carbocycles. The van der Waals surface area contributed by atoms with Gasteiger partial charge in [-0.05, 0) is 30.5 Å². The lowest BCUT2D eigenvalue weighted by molar-refractivity contribution is 0.414. The number of furan rings is 1. The number of para-hydroxylation sites is 1. The average molecular weight is 296 g/mol. The van der Waals surface area contributed by atoms with Crippen LogP contribution >= 0.6 is 0 Å². The molecule has 22 heavy (non-hydrogen) atoms. The first-order valence-corrected chi connectivity index (χ1v) is 8.32. The molecule has 0 bridgehead atoms. The fraction of sp³-hybridized carbons (Fsp3) is 0.400. The van der Waals surface area contributed by atoms with Gasteiger partial charge in [-0.3, -0.25) is 0 Å². The Hall–Kier alpha value is -1.96. The number of rotatable bonds is 7. The summed E-state index contributed by atoms with van der Waals surface area (Å²) in [5, 5.41) is 2.26. The molecule has 3 aromatic rings. The lowest BCUT2D eigenvalue weighted by Gasteiger charge is -2.09. The standard InChI is InChI=1S/C20H24O2/c1-3-4-5-6-7-10-15-13-14-18-19(20(15)21-2)16-11-8-9-12-17(16)22-18/h8-9,11-14H,3-7,10H2,1-2H3. The molecular formula is C20H24O2. The minimum absolute atomic E-state index is 0.910. The normalized spacial score (nSPS) is 11.4. The zero-order chi connectivity index (χ0) is 15.4. The molecule has 0 fully saturated rings. The molecule has 0 amide bonds. The monoisotopic (exact) mass is 296 g/mol. The Bertz CT molecular complexity index is 755. The van der Waals surface area contributed by atoms with Crippen LogP contribution in [0.15, 0.2) is 40.8 Å². The van der Waals surface area contributed by atoms with E-state index in [1.807, 2.05) is 18.2 Å². The van der Waals surface area contributed by atoms with Crippen molar-refractivity contribution in [3.05, 3.63) is 42.0 Å². The van der Waals surface area contributed by atoms with E-state index in [2.05, 4.69) is 25.1 Å². The summed E-state index contributed by atoms with van der Waals surface area (Å²) in [6.07, 6.45) is 7.54. The fourth-order valence-electron chi connectivity index (χ4n) is 3.18. The van der Waals surface area contributed by atoms with Crippen molar-refractivity contribution < 1.29 is 9.15 Å². The quantitative estimate of drug-likeness (QED) is 0.491. The van der Waals surface area contributed by atoms with E-state index in [9.17, 15) is 0 Å². The van der Waals surface area contributed by atoms with Gasteiger partial charge in [0, 0.05) is 5.39 Å². The SMILES string of the molecule is CCCCCCCc1ccc2oc3ccccc3c2c1OC. The van der Waals surface area contributed by atoms with Gasteiger partial charge >= 0.3 is 0 Å². The topological polar surface area (TPSA) is 22.4 Å². The van der Waals surface area contributed by atoms with Crippen molar-refractivity contribution in [2.45, 2.75) is 45.4 Å². The molecule has 0 spiro atoms. The van der Waals surface area contributed by atoms with Crippen molar-refractivity contribution in [2.24, 2.45) is 0 Å². The van der Waals surface area contributed by atoms with Gasteiger partial charge in [0.1, 0.15) is 16.9 Å². The third kappa shape index (κ3) is 2.83. The molecule has 1 aromatic heterocycles. The number of aryl methyl sites for hydroxylation is 1. The molecule has 0 unspecified atom stereocenters. The van der Waals surface area contributed by atoms with Crippen LogP contribution in [0.5, 0.6) is 5.75 Å². The van der Waals surface area contributed by atoms with Crippen LogP contribution in [0.3, 0.4) is 0 Å². The molecule has 2 aromatic carbocycles. The Kier molecular flexibility index (Phi) is 4.67. The van der Waals surface area contributed by atoms with E-state index in [0.717, 1.165) is 34.1 Å². The Morgan fingerprint density at radius 2 is 1.73 bits per heavy atom. The van der Waals surface area contributed by atoms with Crippen LogP contribution < -0.4 is 4.74 Å². The molecule has 0 atom stereocenters. The zero-order valence-electron chi connectivity index (χ0n) is 13.5. The molecule has 0 saturated carbocycles. The second kappa shape index (κ2) is 6.87. The molecule has 0 aliphatic heterocycles. The molecule has 3 rings (SSSR count). The smallest absolute Gasteiger partial charge is 0.139 e. The maximum absolute atomic E-state index is 5.93. The molecule has 0 aliphatic rings. The molecular weight excluding hydrogens is 272 g/mol. The summed E-state index contributed by atoms with van der Waals surface area (Å²) < 4.78 is 11.7. The lowest BCUT2D eigenvalue weighted by atomic mass is 10.0. The molecule has 2 heteroatoms. The van der Waals surface area contributed by atoms with Gasteiger partial charge in [0.15, 0.2) is 0 Å². The van der Waals surface area contributed by atoms with Crippen LogP contribution in [0.4, 0.5) is 0 Å². The predicted molar refractivity (Wildman–Crippen MR) is 92.7 cm³/mol. The second-order valence-corrected chi connectivity index (χ2v) is 5.89. The first-order valence-electron chi connectivity index (χ1n) is 8.32. The highest BCUT2D eigenvalue weighted by atomic mass is 16.5. The van der Waals surface area contributed by atoms with Gasteiger partial charge in [0.25, 0.3) is 0 Å². The first kappa shape index (κ1) is 15.0. The minimum Gasteiger partial charge on any atom is -0.496 e. The fourth-order valence-corrected chi connectivity index (χ4v) is 3.18. The van der Waals surface area contributed by atoms with Crippen LogP contribution in [0, 0.1) is 0 Å². The van der Waals surface area contributed by atoms with Crippen LogP contribution in [0.2, 0.25) is 0 Å². The Morgan fingerprint density at radius 1 is 0.909 bits per heavy atom. The van der Waals surface area contributed by atoms with E-state index in [-0.39, 0.29) is 0 Å². The molecule has 0 saturated heterocycles.